The van der Waals surface area contributed by atoms with Gasteiger partial charge in [-0.2, -0.15) is 0 Å². The standard InChI is InChI=1S/C18H20ClNO/c1-12-9-13(2)18-16(7-8-21-17(18)10-12)20-11-14-3-5-15(19)6-4-14/h3-6,9-10,16,20H,7-8,11H2,1-2H3. The number of halogens is 1. The molecule has 0 saturated carbocycles. The molecule has 1 heterocycles. The van der Waals surface area contributed by atoms with Gasteiger partial charge in [0.1, 0.15) is 5.75 Å². The van der Waals surface area contributed by atoms with E-state index in [-0.39, 0.29) is 0 Å². The Kier molecular flexibility index (Phi) is 4.18. The van der Waals surface area contributed by atoms with E-state index in [9.17, 15) is 0 Å². The first-order valence-electron chi connectivity index (χ1n) is 7.35. The molecule has 1 atom stereocenters. The van der Waals surface area contributed by atoms with E-state index in [0.717, 1.165) is 30.3 Å². The molecule has 1 aliphatic rings. The van der Waals surface area contributed by atoms with Crippen LogP contribution in [0.1, 0.15) is 34.7 Å². The summed E-state index contributed by atoms with van der Waals surface area (Å²) >= 11 is 5.93. The lowest BCUT2D eigenvalue weighted by Crippen LogP contribution is -2.27. The normalized spacial score (nSPS) is 17.2. The smallest absolute Gasteiger partial charge is 0.124 e. The molecule has 2 aromatic rings. The summed E-state index contributed by atoms with van der Waals surface area (Å²) in [6.45, 7) is 5.89. The van der Waals surface area contributed by atoms with Gasteiger partial charge in [0.2, 0.25) is 0 Å². The minimum atomic E-state index is 0.352. The van der Waals surface area contributed by atoms with Gasteiger partial charge in [0.15, 0.2) is 0 Å². The van der Waals surface area contributed by atoms with E-state index in [1.165, 1.54) is 22.3 Å². The first-order chi connectivity index (χ1) is 10.1. The minimum absolute atomic E-state index is 0.352. The van der Waals surface area contributed by atoms with Crippen LogP contribution >= 0.6 is 11.6 Å². The molecule has 3 rings (SSSR count). The second-order valence-electron chi connectivity index (χ2n) is 5.69. The molecule has 0 saturated heterocycles. The highest BCUT2D eigenvalue weighted by Gasteiger charge is 2.23. The predicted molar refractivity (Wildman–Crippen MR) is 87.1 cm³/mol. The number of nitrogens with one attached hydrogen (secondary N) is 1. The van der Waals surface area contributed by atoms with Gasteiger partial charge in [0.05, 0.1) is 6.61 Å². The van der Waals surface area contributed by atoms with Gasteiger partial charge < -0.3 is 10.1 Å². The van der Waals surface area contributed by atoms with E-state index in [1.807, 2.05) is 12.1 Å². The molecule has 3 heteroatoms. The highest BCUT2D eigenvalue weighted by atomic mass is 35.5. The zero-order valence-electron chi connectivity index (χ0n) is 12.4. The summed E-state index contributed by atoms with van der Waals surface area (Å²) in [5, 5.41) is 4.43. The highest BCUT2D eigenvalue weighted by Crippen LogP contribution is 2.35. The number of fused-ring (bicyclic) bond motifs is 1. The number of hydrogen-bond acceptors (Lipinski definition) is 2. The number of aryl methyl sites for hydroxylation is 2. The van der Waals surface area contributed by atoms with Crippen molar-refractivity contribution in [2.45, 2.75) is 32.9 Å². The number of hydrogen-bond donors (Lipinski definition) is 1. The third-order valence-corrected chi connectivity index (χ3v) is 4.22. The summed E-state index contributed by atoms with van der Waals surface area (Å²) in [5.41, 5.74) is 5.11. The van der Waals surface area contributed by atoms with Crippen LogP contribution in [0.2, 0.25) is 5.02 Å². The first kappa shape index (κ1) is 14.4. The summed E-state index contributed by atoms with van der Waals surface area (Å²) < 4.78 is 5.83. The SMILES string of the molecule is Cc1cc(C)c2c(c1)OCCC2NCc1ccc(Cl)cc1. The fraction of sp³-hybridized carbons (Fsp3) is 0.333. The number of rotatable bonds is 3. The Labute approximate surface area is 131 Å². The highest BCUT2D eigenvalue weighted by molar-refractivity contribution is 6.30. The summed E-state index contributed by atoms with van der Waals surface area (Å²) in [5.74, 6) is 1.03. The first-order valence-corrected chi connectivity index (χ1v) is 7.73. The summed E-state index contributed by atoms with van der Waals surface area (Å²) in [6.07, 6.45) is 1.00. The van der Waals surface area contributed by atoms with E-state index >= 15 is 0 Å². The molecule has 0 aliphatic carbocycles. The molecular weight excluding hydrogens is 282 g/mol. The van der Waals surface area contributed by atoms with E-state index in [2.05, 4.69) is 43.4 Å². The predicted octanol–water partition coefficient (Wildman–Crippen LogP) is 4.57. The maximum absolute atomic E-state index is 5.93. The Morgan fingerprint density at radius 3 is 2.71 bits per heavy atom. The van der Waals surface area contributed by atoms with Crippen molar-refractivity contribution in [1.29, 1.82) is 0 Å². The zero-order valence-corrected chi connectivity index (χ0v) is 13.2. The Balaban J connectivity index is 1.77. The van der Waals surface area contributed by atoms with Gasteiger partial charge in [-0.1, -0.05) is 29.8 Å². The Hall–Kier alpha value is -1.51. The van der Waals surface area contributed by atoms with Gasteiger partial charge in [-0.15, -0.1) is 0 Å². The van der Waals surface area contributed by atoms with Crippen LogP contribution in [0, 0.1) is 13.8 Å². The molecule has 1 aliphatic heterocycles. The molecule has 21 heavy (non-hydrogen) atoms. The molecule has 0 fully saturated rings. The van der Waals surface area contributed by atoms with Crippen molar-refractivity contribution in [3.8, 4) is 5.75 Å². The van der Waals surface area contributed by atoms with E-state index in [0.29, 0.717) is 6.04 Å². The largest absolute Gasteiger partial charge is 0.493 e. The van der Waals surface area contributed by atoms with Gasteiger partial charge in [0, 0.05) is 29.6 Å². The lowest BCUT2D eigenvalue weighted by molar-refractivity contribution is 0.251. The fourth-order valence-electron chi connectivity index (χ4n) is 2.98. The van der Waals surface area contributed by atoms with Crippen molar-refractivity contribution in [1.82, 2.24) is 5.32 Å². The molecule has 0 bridgehead atoms. The average Bonchev–Trinajstić information content (AvgIpc) is 2.46. The molecule has 110 valence electrons. The van der Waals surface area contributed by atoms with Crippen LogP contribution in [0.3, 0.4) is 0 Å². The molecule has 0 radical (unpaired) electrons. The van der Waals surface area contributed by atoms with Crippen LogP contribution in [-0.4, -0.2) is 6.61 Å². The van der Waals surface area contributed by atoms with Crippen molar-refractivity contribution in [3.63, 3.8) is 0 Å². The van der Waals surface area contributed by atoms with Crippen LogP contribution in [0.5, 0.6) is 5.75 Å². The second kappa shape index (κ2) is 6.08. The molecule has 0 spiro atoms. The van der Waals surface area contributed by atoms with Gasteiger partial charge >= 0.3 is 0 Å². The van der Waals surface area contributed by atoms with Crippen LogP contribution in [0.25, 0.3) is 0 Å². The van der Waals surface area contributed by atoms with Crippen LogP contribution in [0.15, 0.2) is 36.4 Å². The van der Waals surface area contributed by atoms with Crippen LogP contribution in [-0.2, 0) is 6.54 Å². The second-order valence-corrected chi connectivity index (χ2v) is 6.13. The van der Waals surface area contributed by atoms with Crippen LogP contribution < -0.4 is 10.1 Å². The molecule has 0 aromatic heterocycles. The summed E-state index contributed by atoms with van der Waals surface area (Å²) in [4.78, 5) is 0. The van der Waals surface area contributed by atoms with Gasteiger partial charge in [-0.3, -0.25) is 0 Å². The minimum Gasteiger partial charge on any atom is -0.493 e. The molecular formula is C18H20ClNO. The molecule has 1 N–H and O–H groups in total. The monoisotopic (exact) mass is 301 g/mol. The average molecular weight is 302 g/mol. The lowest BCUT2D eigenvalue weighted by atomic mass is 9.94. The summed E-state index contributed by atoms with van der Waals surface area (Å²) in [6, 6.07) is 12.7. The summed E-state index contributed by atoms with van der Waals surface area (Å²) in [7, 11) is 0. The zero-order chi connectivity index (χ0) is 14.8. The Morgan fingerprint density at radius 1 is 1.19 bits per heavy atom. The fourth-order valence-corrected chi connectivity index (χ4v) is 3.11. The lowest BCUT2D eigenvalue weighted by Gasteiger charge is -2.29. The Bertz CT molecular complexity index is 636. The molecule has 1 unspecified atom stereocenters. The topological polar surface area (TPSA) is 21.3 Å². The number of benzene rings is 2. The van der Waals surface area contributed by atoms with Gasteiger partial charge in [-0.05, 0) is 48.7 Å². The van der Waals surface area contributed by atoms with Crippen molar-refractivity contribution in [2.24, 2.45) is 0 Å². The van der Waals surface area contributed by atoms with Gasteiger partial charge in [0.25, 0.3) is 0 Å². The van der Waals surface area contributed by atoms with Gasteiger partial charge in [-0.25, -0.2) is 0 Å². The molecule has 2 aromatic carbocycles. The third kappa shape index (κ3) is 3.22. The van der Waals surface area contributed by atoms with Crippen LogP contribution in [0.4, 0.5) is 0 Å². The molecule has 0 amide bonds. The molecule has 2 nitrogen and oxygen atoms in total. The maximum Gasteiger partial charge on any atom is 0.124 e. The maximum atomic E-state index is 5.93. The van der Waals surface area contributed by atoms with E-state index in [4.69, 9.17) is 16.3 Å². The van der Waals surface area contributed by atoms with E-state index in [1.54, 1.807) is 0 Å². The van der Waals surface area contributed by atoms with Crippen molar-refractivity contribution >= 4 is 11.6 Å². The Morgan fingerprint density at radius 2 is 1.95 bits per heavy atom. The number of ether oxygens (including phenoxy) is 1. The quantitative estimate of drug-likeness (QED) is 0.896. The van der Waals surface area contributed by atoms with Crippen molar-refractivity contribution in [2.75, 3.05) is 6.61 Å². The van der Waals surface area contributed by atoms with E-state index < -0.39 is 0 Å². The van der Waals surface area contributed by atoms with Crippen molar-refractivity contribution < 1.29 is 4.74 Å². The third-order valence-electron chi connectivity index (χ3n) is 3.97. The van der Waals surface area contributed by atoms with Crippen molar-refractivity contribution in [3.05, 3.63) is 63.7 Å².